The second-order valence-electron chi connectivity index (χ2n) is 15.9. The van der Waals surface area contributed by atoms with Gasteiger partial charge in [0, 0.05) is 57.3 Å². The van der Waals surface area contributed by atoms with Crippen LogP contribution in [0.15, 0.2) is 109 Å². The second-order valence-corrected chi connectivity index (χ2v) is 15.9. The highest BCUT2D eigenvalue weighted by molar-refractivity contribution is 6.25. The van der Waals surface area contributed by atoms with Gasteiger partial charge >= 0.3 is 6.18 Å². The van der Waals surface area contributed by atoms with E-state index >= 15 is 0 Å². The van der Waals surface area contributed by atoms with E-state index in [9.17, 15) is 17.6 Å². The highest BCUT2D eigenvalue weighted by atomic mass is 19.4. The number of fused-ring (bicyclic) bond motifs is 8. The third kappa shape index (κ3) is 6.12. The Labute approximate surface area is 333 Å². The number of methoxy groups -OCH3 is 2. The van der Waals surface area contributed by atoms with E-state index in [2.05, 4.69) is 37.8 Å². The Kier molecular flexibility index (Phi) is 8.96. The average Bonchev–Trinajstić information content (AvgIpc) is 3.58. The molecule has 0 spiro atoms. The van der Waals surface area contributed by atoms with Crippen LogP contribution in [0.1, 0.15) is 48.6 Å². The Morgan fingerprint density at radius 1 is 0.690 bits per heavy atom. The van der Waals surface area contributed by atoms with E-state index in [-0.39, 0.29) is 11.2 Å². The van der Waals surface area contributed by atoms with Gasteiger partial charge in [-0.1, -0.05) is 63.2 Å². The number of ether oxygens (including phenoxy) is 4. The molecule has 58 heavy (non-hydrogen) atoms. The number of alkyl halides is 3. The van der Waals surface area contributed by atoms with Crippen molar-refractivity contribution < 1.29 is 36.5 Å². The Balaban J connectivity index is 1.39. The maximum atomic E-state index is 14.6. The van der Waals surface area contributed by atoms with Crippen molar-refractivity contribution in [1.82, 2.24) is 4.57 Å². The molecule has 0 bridgehead atoms. The molecule has 0 aliphatic carbocycles. The first kappa shape index (κ1) is 37.6. The molecular weight excluding hydrogens is 745 g/mol. The summed E-state index contributed by atoms with van der Waals surface area (Å²) in [6.07, 6.45) is -0.618. The Morgan fingerprint density at radius 2 is 1.34 bits per heavy atom. The van der Waals surface area contributed by atoms with Crippen LogP contribution in [-0.2, 0) is 21.9 Å². The number of morpholine rings is 1. The molecule has 0 saturated carbocycles. The summed E-state index contributed by atoms with van der Waals surface area (Å²) in [4.78, 5) is 2.27. The van der Waals surface area contributed by atoms with Gasteiger partial charge in [-0.25, -0.2) is 4.39 Å². The molecule has 0 N–H and O–H groups in total. The highest BCUT2D eigenvalue weighted by Gasteiger charge is 2.40. The summed E-state index contributed by atoms with van der Waals surface area (Å²) in [7, 11) is 3.11. The maximum absolute atomic E-state index is 14.6. The molecule has 1 atom stereocenters. The fourth-order valence-corrected chi connectivity index (χ4v) is 8.47. The van der Waals surface area contributed by atoms with Gasteiger partial charge in [0.05, 0.1) is 44.0 Å². The summed E-state index contributed by atoms with van der Waals surface area (Å²) in [5, 5.41) is 2.74. The number of benzene rings is 6. The van der Waals surface area contributed by atoms with Crippen molar-refractivity contribution in [2.24, 2.45) is 0 Å². The molecule has 2 aliphatic heterocycles. The van der Waals surface area contributed by atoms with Crippen molar-refractivity contribution in [3.8, 4) is 22.9 Å². The number of nitrogens with zero attached hydrogens (tertiary/aromatic N) is 2. The van der Waals surface area contributed by atoms with Crippen LogP contribution in [-0.4, -0.2) is 45.1 Å². The molecule has 2 aliphatic rings. The average molecular weight is 787 g/mol. The highest BCUT2D eigenvalue weighted by Crippen LogP contribution is 2.53. The molecule has 7 aromatic rings. The summed E-state index contributed by atoms with van der Waals surface area (Å²) < 4.78 is 84.6. The van der Waals surface area contributed by atoms with Gasteiger partial charge in [-0.3, -0.25) is 0 Å². The van der Waals surface area contributed by atoms with Crippen molar-refractivity contribution in [3.05, 3.63) is 143 Å². The predicted octanol–water partition coefficient (Wildman–Crippen LogP) is 11.6. The van der Waals surface area contributed by atoms with Crippen LogP contribution in [0.4, 0.5) is 23.2 Å². The zero-order valence-electron chi connectivity index (χ0n) is 32.8. The maximum Gasteiger partial charge on any atom is 0.416 e. The van der Waals surface area contributed by atoms with Crippen molar-refractivity contribution >= 4 is 44.3 Å². The van der Waals surface area contributed by atoms with Crippen molar-refractivity contribution in [2.75, 3.05) is 45.4 Å². The van der Waals surface area contributed by atoms with Crippen molar-refractivity contribution in [2.45, 2.75) is 38.0 Å². The number of rotatable bonds is 6. The lowest BCUT2D eigenvalue weighted by Gasteiger charge is -2.37. The van der Waals surface area contributed by atoms with Crippen LogP contribution in [0.5, 0.6) is 17.2 Å². The van der Waals surface area contributed by atoms with E-state index in [0.29, 0.717) is 74.5 Å². The molecule has 296 valence electrons. The first-order valence-corrected chi connectivity index (χ1v) is 19.3. The Bertz CT molecular complexity index is 2740. The first-order valence-electron chi connectivity index (χ1n) is 19.3. The van der Waals surface area contributed by atoms with E-state index in [1.165, 1.54) is 18.2 Å². The summed E-state index contributed by atoms with van der Waals surface area (Å²) in [6.45, 7) is 9.16. The normalized spacial score (nSPS) is 17.2. The molecule has 6 nitrogen and oxygen atoms in total. The number of aromatic nitrogens is 1. The topological polar surface area (TPSA) is 45.1 Å². The van der Waals surface area contributed by atoms with Crippen LogP contribution in [0.2, 0.25) is 0 Å². The predicted molar refractivity (Wildman–Crippen MR) is 221 cm³/mol. The zero-order chi connectivity index (χ0) is 40.6. The number of hydrogen-bond acceptors (Lipinski definition) is 5. The van der Waals surface area contributed by atoms with E-state index in [1.54, 1.807) is 32.4 Å². The van der Waals surface area contributed by atoms with Gasteiger partial charge in [-0.05, 0) is 89.2 Å². The van der Waals surface area contributed by atoms with Gasteiger partial charge in [0.2, 0.25) is 0 Å². The van der Waals surface area contributed by atoms with Crippen LogP contribution in [0.25, 0.3) is 44.3 Å². The number of halogens is 4. The molecule has 0 radical (unpaired) electrons. The van der Waals surface area contributed by atoms with Gasteiger partial charge < -0.3 is 28.4 Å². The first-order chi connectivity index (χ1) is 27.8. The molecule has 1 unspecified atom stereocenters. The van der Waals surface area contributed by atoms with Crippen LogP contribution in [0.3, 0.4) is 0 Å². The Morgan fingerprint density at radius 3 is 1.98 bits per heavy atom. The number of hydrogen-bond donors (Lipinski definition) is 0. The van der Waals surface area contributed by atoms with Crippen molar-refractivity contribution in [1.29, 1.82) is 0 Å². The Hall–Kier alpha value is -6.00. The van der Waals surface area contributed by atoms with Gasteiger partial charge in [0.1, 0.15) is 11.6 Å². The zero-order valence-corrected chi connectivity index (χ0v) is 32.8. The summed E-state index contributed by atoms with van der Waals surface area (Å²) in [5.41, 5.74) is 3.78. The minimum atomic E-state index is -4.57. The molecule has 9 rings (SSSR count). The number of anilines is 1. The fourth-order valence-electron chi connectivity index (χ4n) is 8.47. The largest absolute Gasteiger partial charge is 0.493 e. The molecule has 1 aromatic heterocycles. The standard InChI is InChI=1S/C48H42F4N2O4/c1-46(2,3)31-7-6-8-35(25-31)54-40-26-32(48(50,51)52)13-18-36(40)43-38-27-41(55-4)42(56-5)28-39(38)45-37(44(43)54)19-20-47(58-45,29-9-14-33(49)15-10-29)30-11-16-34(17-12-30)53-21-23-57-24-22-53/h6-20,25-28H,21-24H2,1-5H3. The summed E-state index contributed by atoms with van der Waals surface area (Å²) in [6, 6.07) is 30.0. The molecule has 10 heteroatoms. The summed E-state index contributed by atoms with van der Waals surface area (Å²) in [5.74, 6) is 1.01. The van der Waals surface area contributed by atoms with Crippen LogP contribution >= 0.6 is 0 Å². The minimum absolute atomic E-state index is 0.239. The molecule has 6 aromatic carbocycles. The SMILES string of the molecule is COc1cc2c3c(c4c(c2cc1OC)c1ccc(C(F)(F)F)cc1n4-c1cccc(C(C)(C)C)c1)C=CC(c1ccc(F)cc1)(c1ccc(N2CCOCC2)cc1)O3. The van der Waals surface area contributed by atoms with Gasteiger partial charge in [-0.15, -0.1) is 0 Å². The molecule has 3 heterocycles. The lowest BCUT2D eigenvalue weighted by molar-refractivity contribution is -0.137. The van der Waals surface area contributed by atoms with Gasteiger partial charge in [0.25, 0.3) is 0 Å². The summed E-state index contributed by atoms with van der Waals surface area (Å²) >= 11 is 0. The third-order valence-corrected chi connectivity index (χ3v) is 11.5. The quantitative estimate of drug-likeness (QED) is 0.157. The molecule has 1 saturated heterocycles. The van der Waals surface area contributed by atoms with E-state index in [1.807, 2.05) is 65.3 Å². The minimum Gasteiger partial charge on any atom is -0.493 e. The van der Waals surface area contributed by atoms with Gasteiger partial charge in [-0.2, -0.15) is 13.2 Å². The van der Waals surface area contributed by atoms with E-state index < -0.39 is 17.3 Å². The monoisotopic (exact) mass is 786 g/mol. The molecule has 1 fully saturated rings. The molecule has 0 amide bonds. The van der Waals surface area contributed by atoms with E-state index in [0.717, 1.165) is 41.4 Å². The lowest BCUT2D eigenvalue weighted by Crippen LogP contribution is -2.37. The molecular formula is C48H42F4N2O4. The van der Waals surface area contributed by atoms with Crippen LogP contribution in [0, 0.1) is 5.82 Å². The van der Waals surface area contributed by atoms with Gasteiger partial charge in [0.15, 0.2) is 17.1 Å². The fraction of sp³-hybridized carbons (Fsp3) is 0.250. The van der Waals surface area contributed by atoms with E-state index in [4.69, 9.17) is 18.9 Å². The van der Waals surface area contributed by atoms with Crippen molar-refractivity contribution in [3.63, 3.8) is 0 Å². The van der Waals surface area contributed by atoms with Crippen LogP contribution < -0.4 is 19.1 Å². The smallest absolute Gasteiger partial charge is 0.416 e. The second kappa shape index (κ2) is 13.8. The third-order valence-electron chi connectivity index (χ3n) is 11.5. The lowest BCUT2D eigenvalue weighted by atomic mass is 9.82.